The zero-order chi connectivity index (χ0) is 16.0. The number of benzene rings is 2. The number of aromatic hydroxyl groups is 1. The number of carboxylic acids is 1. The first-order chi connectivity index (χ1) is 11.1. The molecule has 0 amide bonds. The maximum Gasteiger partial charge on any atom is 0.335 e. The highest BCUT2D eigenvalue weighted by Gasteiger charge is 2.16. The first-order valence-corrected chi connectivity index (χ1v) is 7.07. The number of fused-ring (bicyclic) bond motifs is 2. The number of aromatic amines is 1. The minimum atomic E-state index is -1.01. The Kier molecular flexibility index (Phi) is 2.81. The molecule has 0 radical (unpaired) electrons. The lowest BCUT2D eigenvalue weighted by Gasteiger charge is -2.03. The summed E-state index contributed by atoms with van der Waals surface area (Å²) in [6.45, 7) is 0. The fourth-order valence-electron chi connectivity index (χ4n) is 2.78. The van der Waals surface area contributed by atoms with Gasteiger partial charge in [0.25, 0.3) is 0 Å². The number of aromatic carboxylic acids is 1. The summed E-state index contributed by atoms with van der Waals surface area (Å²) < 4.78 is 0. The van der Waals surface area contributed by atoms with Crippen molar-refractivity contribution in [2.24, 2.45) is 0 Å². The van der Waals surface area contributed by atoms with Gasteiger partial charge in [0.05, 0.1) is 22.3 Å². The molecule has 0 fully saturated rings. The number of hydrogen-bond donors (Lipinski definition) is 3. The number of carbonyl (C=O) groups is 1. The van der Waals surface area contributed by atoms with E-state index < -0.39 is 5.97 Å². The Morgan fingerprint density at radius 3 is 2.70 bits per heavy atom. The van der Waals surface area contributed by atoms with Crippen molar-refractivity contribution in [1.29, 1.82) is 0 Å². The molecule has 3 N–H and O–H groups in total. The van der Waals surface area contributed by atoms with Gasteiger partial charge in [-0.1, -0.05) is 30.3 Å². The van der Waals surface area contributed by atoms with Gasteiger partial charge in [-0.3, -0.25) is 0 Å². The minimum Gasteiger partial charge on any atom is -0.494 e. The lowest BCUT2D eigenvalue weighted by atomic mass is 10.1. The summed E-state index contributed by atoms with van der Waals surface area (Å²) in [4.78, 5) is 18.5. The van der Waals surface area contributed by atoms with Crippen molar-refractivity contribution < 1.29 is 15.0 Å². The molecular weight excluding hydrogens is 292 g/mol. The van der Waals surface area contributed by atoms with E-state index in [0.717, 1.165) is 16.3 Å². The predicted octanol–water partition coefficient (Wildman–Crippen LogP) is 3.79. The van der Waals surface area contributed by atoms with E-state index in [9.17, 15) is 9.90 Å². The Hall–Kier alpha value is -3.34. The van der Waals surface area contributed by atoms with E-state index in [1.165, 1.54) is 12.1 Å². The van der Waals surface area contributed by atoms with Crippen molar-refractivity contribution in [3.05, 3.63) is 60.2 Å². The largest absolute Gasteiger partial charge is 0.494 e. The van der Waals surface area contributed by atoms with Gasteiger partial charge in [-0.25, -0.2) is 9.78 Å². The van der Waals surface area contributed by atoms with Crippen LogP contribution in [0.4, 0.5) is 0 Å². The third kappa shape index (κ3) is 2.10. The van der Waals surface area contributed by atoms with Crippen LogP contribution in [-0.4, -0.2) is 26.2 Å². The number of nitrogens with zero attached hydrogens (tertiary/aromatic N) is 1. The summed E-state index contributed by atoms with van der Waals surface area (Å²) in [5, 5.41) is 21.1. The van der Waals surface area contributed by atoms with Gasteiger partial charge >= 0.3 is 5.97 Å². The number of nitrogens with one attached hydrogen (secondary N) is 1. The number of aromatic nitrogens is 2. The Morgan fingerprint density at radius 2 is 1.87 bits per heavy atom. The minimum absolute atomic E-state index is 0.0229. The molecule has 0 unspecified atom stereocenters. The molecule has 0 saturated carbocycles. The maximum absolute atomic E-state index is 11.1. The molecule has 5 heteroatoms. The summed E-state index contributed by atoms with van der Waals surface area (Å²) in [6, 6.07) is 16.2. The van der Waals surface area contributed by atoms with E-state index in [-0.39, 0.29) is 11.4 Å². The van der Waals surface area contributed by atoms with Crippen LogP contribution in [0.3, 0.4) is 0 Å². The quantitative estimate of drug-likeness (QED) is 0.526. The van der Waals surface area contributed by atoms with Crippen molar-refractivity contribution in [1.82, 2.24) is 9.97 Å². The zero-order valence-corrected chi connectivity index (χ0v) is 11.9. The van der Waals surface area contributed by atoms with Crippen LogP contribution in [0.2, 0.25) is 0 Å². The van der Waals surface area contributed by atoms with E-state index >= 15 is 0 Å². The molecule has 112 valence electrons. The fourth-order valence-corrected chi connectivity index (χ4v) is 2.78. The maximum atomic E-state index is 11.1. The van der Waals surface area contributed by atoms with Gasteiger partial charge in [0, 0.05) is 16.3 Å². The predicted molar refractivity (Wildman–Crippen MR) is 87.7 cm³/mol. The van der Waals surface area contributed by atoms with Gasteiger partial charge < -0.3 is 15.2 Å². The van der Waals surface area contributed by atoms with Gasteiger partial charge in [0.15, 0.2) is 5.88 Å². The lowest BCUT2D eigenvalue weighted by molar-refractivity contribution is 0.0697. The molecule has 4 rings (SSSR count). The topological polar surface area (TPSA) is 86.2 Å². The average molecular weight is 304 g/mol. The molecular formula is C18H12N2O3. The first-order valence-electron chi connectivity index (χ1n) is 7.07. The van der Waals surface area contributed by atoms with Gasteiger partial charge in [-0.2, -0.15) is 0 Å². The molecule has 2 aromatic carbocycles. The lowest BCUT2D eigenvalue weighted by Crippen LogP contribution is -1.94. The number of pyridine rings is 1. The molecule has 0 atom stereocenters. The molecule has 23 heavy (non-hydrogen) atoms. The Balaban J connectivity index is 1.96. The van der Waals surface area contributed by atoms with E-state index in [1.807, 2.05) is 36.4 Å². The standard InChI is InChI=1S/C18H12N2O3/c21-17-16(12-7-5-11(18(22)23)9-15(12)20-17)14-8-6-10-3-1-2-4-13(10)19-14/h1-9,20-21H,(H,22,23). The summed E-state index contributed by atoms with van der Waals surface area (Å²) in [5.74, 6) is -1.03. The zero-order valence-electron chi connectivity index (χ0n) is 11.9. The van der Waals surface area contributed by atoms with Crippen LogP contribution >= 0.6 is 0 Å². The van der Waals surface area contributed by atoms with Gasteiger partial charge in [0.1, 0.15) is 0 Å². The Bertz CT molecular complexity index is 1070. The average Bonchev–Trinajstić information content (AvgIpc) is 2.89. The molecule has 2 heterocycles. The SMILES string of the molecule is O=C(O)c1ccc2c(-c3ccc4ccccc4n3)c(O)[nH]c2c1. The van der Waals surface area contributed by atoms with E-state index in [1.54, 1.807) is 6.07 Å². The van der Waals surface area contributed by atoms with Crippen molar-refractivity contribution in [2.75, 3.05) is 0 Å². The van der Waals surface area contributed by atoms with Gasteiger partial charge in [-0.15, -0.1) is 0 Å². The highest BCUT2D eigenvalue weighted by molar-refractivity contribution is 6.02. The highest BCUT2D eigenvalue weighted by atomic mass is 16.4. The van der Waals surface area contributed by atoms with E-state index in [0.29, 0.717) is 16.8 Å². The Morgan fingerprint density at radius 1 is 1.04 bits per heavy atom. The second-order valence-corrected chi connectivity index (χ2v) is 5.30. The molecule has 4 aromatic rings. The van der Waals surface area contributed by atoms with E-state index in [2.05, 4.69) is 9.97 Å². The number of rotatable bonds is 2. The molecule has 0 aliphatic carbocycles. The number of H-pyrrole nitrogens is 1. The smallest absolute Gasteiger partial charge is 0.335 e. The molecule has 2 aromatic heterocycles. The second-order valence-electron chi connectivity index (χ2n) is 5.30. The number of carboxylic acid groups (broad SMARTS) is 1. The summed E-state index contributed by atoms with van der Waals surface area (Å²) in [5.41, 5.74) is 2.77. The van der Waals surface area contributed by atoms with Crippen LogP contribution in [0, 0.1) is 0 Å². The number of para-hydroxylation sites is 1. The van der Waals surface area contributed by atoms with Crippen molar-refractivity contribution in [2.45, 2.75) is 0 Å². The summed E-state index contributed by atoms with van der Waals surface area (Å²) in [6.07, 6.45) is 0. The number of hydrogen-bond acceptors (Lipinski definition) is 3. The third-order valence-electron chi connectivity index (χ3n) is 3.88. The highest BCUT2D eigenvalue weighted by Crippen LogP contribution is 2.36. The van der Waals surface area contributed by atoms with E-state index in [4.69, 9.17) is 5.11 Å². The normalized spacial score (nSPS) is 11.1. The van der Waals surface area contributed by atoms with Crippen LogP contribution in [0.15, 0.2) is 54.6 Å². The van der Waals surface area contributed by atoms with Gasteiger partial charge in [0.2, 0.25) is 0 Å². The molecule has 0 bridgehead atoms. The van der Waals surface area contributed by atoms with Crippen LogP contribution in [0.1, 0.15) is 10.4 Å². The Labute approximate surface area is 130 Å². The first kappa shape index (κ1) is 13.3. The molecule has 0 spiro atoms. The van der Waals surface area contributed by atoms with Crippen molar-refractivity contribution in [3.8, 4) is 17.1 Å². The summed E-state index contributed by atoms with van der Waals surface area (Å²) >= 11 is 0. The van der Waals surface area contributed by atoms with Crippen LogP contribution in [0.5, 0.6) is 5.88 Å². The van der Waals surface area contributed by atoms with Gasteiger partial charge in [-0.05, 0) is 24.3 Å². The van der Waals surface area contributed by atoms with Crippen molar-refractivity contribution >= 4 is 27.8 Å². The summed E-state index contributed by atoms with van der Waals surface area (Å²) in [7, 11) is 0. The van der Waals surface area contributed by atoms with Crippen LogP contribution in [0.25, 0.3) is 33.1 Å². The molecule has 0 aliphatic rings. The fraction of sp³-hybridized carbons (Fsp3) is 0. The molecule has 5 nitrogen and oxygen atoms in total. The molecule has 0 aliphatic heterocycles. The van der Waals surface area contributed by atoms with Crippen LogP contribution < -0.4 is 0 Å². The monoisotopic (exact) mass is 304 g/mol. The van der Waals surface area contributed by atoms with Crippen LogP contribution in [-0.2, 0) is 0 Å². The third-order valence-corrected chi connectivity index (χ3v) is 3.88. The van der Waals surface area contributed by atoms with Crippen molar-refractivity contribution in [3.63, 3.8) is 0 Å². The molecule has 0 saturated heterocycles. The second kappa shape index (κ2) is 4.84.